The number of hydrogen-bond donors (Lipinski definition) is 1. The first-order chi connectivity index (χ1) is 9.58. The van der Waals surface area contributed by atoms with Crippen LogP contribution >= 0.6 is 0 Å². The van der Waals surface area contributed by atoms with Crippen LogP contribution in [0, 0.1) is 19.7 Å². The lowest BCUT2D eigenvalue weighted by Crippen LogP contribution is -1.89. The van der Waals surface area contributed by atoms with Crippen molar-refractivity contribution < 1.29 is 9.13 Å². The number of rotatable bonds is 2. The quantitative estimate of drug-likeness (QED) is 0.764. The average Bonchev–Trinajstić information content (AvgIpc) is 2.82. The summed E-state index contributed by atoms with van der Waals surface area (Å²) in [6.45, 7) is 4.13. The van der Waals surface area contributed by atoms with Gasteiger partial charge in [0.2, 0.25) is 0 Å². The smallest absolute Gasteiger partial charge is 0.165 e. The third-order valence-electron chi connectivity index (χ3n) is 3.52. The summed E-state index contributed by atoms with van der Waals surface area (Å²) in [4.78, 5) is 7.82. The highest BCUT2D eigenvalue weighted by molar-refractivity contribution is 5.81. The molecule has 2 aromatic carbocycles. The zero-order valence-corrected chi connectivity index (χ0v) is 11.6. The van der Waals surface area contributed by atoms with Crippen LogP contribution in [0.15, 0.2) is 30.3 Å². The molecule has 20 heavy (non-hydrogen) atoms. The molecule has 3 rings (SSSR count). The van der Waals surface area contributed by atoms with Crippen LogP contribution in [0.2, 0.25) is 0 Å². The number of nitrogens with zero attached hydrogens (tertiary/aromatic N) is 1. The van der Waals surface area contributed by atoms with Crippen LogP contribution < -0.4 is 4.74 Å². The van der Waals surface area contributed by atoms with Crippen molar-refractivity contribution in [3.05, 3.63) is 47.3 Å². The Kier molecular flexibility index (Phi) is 2.93. The standard InChI is InChI=1S/C16H15FN2O/c1-9-6-13-14(7-10(9)2)19-16(18-13)11-4-5-12(17)15(8-11)20-3/h4-8H,1-3H3,(H,18,19). The van der Waals surface area contributed by atoms with E-state index in [4.69, 9.17) is 4.74 Å². The molecule has 0 amide bonds. The van der Waals surface area contributed by atoms with Crippen LogP contribution in [0.5, 0.6) is 5.75 Å². The second-order valence-corrected chi connectivity index (χ2v) is 4.89. The van der Waals surface area contributed by atoms with Crippen molar-refractivity contribution in [2.75, 3.05) is 7.11 Å². The number of aryl methyl sites for hydroxylation is 2. The molecule has 0 spiro atoms. The largest absolute Gasteiger partial charge is 0.494 e. The molecule has 0 unspecified atom stereocenters. The van der Waals surface area contributed by atoms with Gasteiger partial charge in [0.05, 0.1) is 18.1 Å². The number of ether oxygens (including phenoxy) is 1. The average molecular weight is 270 g/mol. The molecule has 1 heterocycles. The third-order valence-corrected chi connectivity index (χ3v) is 3.52. The van der Waals surface area contributed by atoms with Gasteiger partial charge in [0.25, 0.3) is 0 Å². The van der Waals surface area contributed by atoms with Crippen LogP contribution in [-0.2, 0) is 0 Å². The van der Waals surface area contributed by atoms with E-state index >= 15 is 0 Å². The predicted octanol–water partition coefficient (Wildman–Crippen LogP) is 3.99. The maximum Gasteiger partial charge on any atom is 0.165 e. The van der Waals surface area contributed by atoms with Gasteiger partial charge in [-0.15, -0.1) is 0 Å². The van der Waals surface area contributed by atoms with Crippen LogP contribution in [0.1, 0.15) is 11.1 Å². The molecule has 1 aromatic heterocycles. The van der Waals surface area contributed by atoms with Gasteiger partial charge in [0.1, 0.15) is 5.82 Å². The number of imidazole rings is 1. The van der Waals surface area contributed by atoms with E-state index in [0.29, 0.717) is 5.82 Å². The van der Waals surface area contributed by atoms with Gasteiger partial charge < -0.3 is 9.72 Å². The molecule has 0 aliphatic carbocycles. The fourth-order valence-electron chi connectivity index (χ4n) is 2.21. The molecule has 0 bridgehead atoms. The SMILES string of the molecule is COc1cc(-c2nc3cc(C)c(C)cc3[nH]2)ccc1F. The molecule has 0 saturated carbocycles. The highest BCUT2D eigenvalue weighted by atomic mass is 19.1. The number of aromatic nitrogens is 2. The number of H-pyrrole nitrogens is 1. The molecule has 0 aliphatic heterocycles. The monoisotopic (exact) mass is 270 g/mol. The molecule has 0 saturated heterocycles. The van der Waals surface area contributed by atoms with E-state index in [2.05, 4.69) is 29.9 Å². The molecule has 0 radical (unpaired) electrons. The number of halogens is 1. The van der Waals surface area contributed by atoms with Crippen LogP contribution in [0.3, 0.4) is 0 Å². The highest BCUT2D eigenvalue weighted by Gasteiger charge is 2.10. The van der Waals surface area contributed by atoms with Crippen molar-refractivity contribution in [1.29, 1.82) is 0 Å². The molecule has 0 atom stereocenters. The Balaban J connectivity index is 2.14. The van der Waals surface area contributed by atoms with Crippen molar-refractivity contribution in [2.24, 2.45) is 0 Å². The normalized spacial score (nSPS) is 11.0. The Morgan fingerprint density at radius 2 is 1.85 bits per heavy atom. The van der Waals surface area contributed by atoms with E-state index in [0.717, 1.165) is 16.6 Å². The molecule has 0 aliphatic rings. The van der Waals surface area contributed by atoms with E-state index in [-0.39, 0.29) is 11.6 Å². The summed E-state index contributed by atoms with van der Waals surface area (Å²) in [5.41, 5.74) is 5.10. The molecule has 102 valence electrons. The lowest BCUT2D eigenvalue weighted by atomic mass is 10.1. The van der Waals surface area contributed by atoms with Gasteiger partial charge in [0.15, 0.2) is 11.6 Å². The predicted molar refractivity (Wildman–Crippen MR) is 77.5 cm³/mol. The van der Waals surface area contributed by atoms with Crippen molar-refractivity contribution in [3.63, 3.8) is 0 Å². The maximum absolute atomic E-state index is 13.4. The molecule has 0 fully saturated rings. The Labute approximate surface area is 116 Å². The molecular weight excluding hydrogens is 255 g/mol. The summed E-state index contributed by atoms with van der Waals surface area (Å²) in [5.74, 6) is 0.553. The first kappa shape index (κ1) is 12.7. The van der Waals surface area contributed by atoms with E-state index in [1.807, 2.05) is 6.07 Å². The van der Waals surface area contributed by atoms with Gasteiger partial charge in [-0.1, -0.05) is 0 Å². The van der Waals surface area contributed by atoms with E-state index < -0.39 is 0 Å². The van der Waals surface area contributed by atoms with Crippen molar-refractivity contribution >= 4 is 11.0 Å². The lowest BCUT2D eigenvalue weighted by molar-refractivity contribution is 0.387. The highest BCUT2D eigenvalue weighted by Crippen LogP contribution is 2.27. The topological polar surface area (TPSA) is 37.9 Å². The summed E-state index contributed by atoms with van der Waals surface area (Å²) in [5, 5.41) is 0. The molecule has 4 heteroatoms. The van der Waals surface area contributed by atoms with Gasteiger partial charge in [-0.05, 0) is 55.3 Å². The summed E-state index contributed by atoms with van der Waals surface area (Å²) in [6.07, 6.45) is 0. The summed E-state index contributed by atoms with van der Waals surface area (Å²) in [6, 6.07) is 8.84. The zero-order chi connectivity index (χ0) is 14.3. The minimum atomic E-state index is -0.376. The Morgan fingerprint density at radius 1 is 1.10 bits per heavy atom. The van der Waals surface area contributed by atoms with E-state index in [1.165, 1.54) is 24.3 Å². The summed E-state index contributed by atoms with van der Waals surface area (Å²) in [7, 11) is 1.45. The number of methoxy groups -OCH3 is 1. The molecule has 3 aromatic rings. The molecule has 1 N–H and O–H groups in total. The number of fused-ring (bicyclic) bond motifs is 1. The van der Waals surface area contributed by atoms with Gasteiger partial charge in [-0.2, -0.15) is 0 Å². The minimum Gasteiger partial charge on any atom is -0.494 e. The fraction of sp³-hybridized carbons (Fsp3) is 0.188. The van der Waals surface area contributed by atoms with Crippen LogP contribution in [-0.4, -0.2) is 17.1 Å². The van der Waals surface area contributed by atoms with E-state index in [9.17, 15) is 4.39 Å². The fourth-order valence-corrected chi connectivity index (χ4v) is 2.21. The Bertz CT molecular complexity index is 754. The van der Waals surface area contributed by atoms with Crippen molar-refractivity contribution in [3.8, 4) is 17.1 Å². The first-order valence-corrected chi connectivity index (χ1v) is 6.39. The number of nitrogens with one attached hydrogen (secondary N) is 1. The van der Waals surface area contributed by atoms with Crippen molar-refractivity contribution in [1.82, 2.24) is 9.97 Å². The minimum absolute atomic E-state index is 0.218. The first-order valence-electron chi connectivity index (χ1n) is 6.39. The van der Waals surface area contributed by atoms with E-state index in [1.54, 1.807) is 12.1 Å². The Morgan fingerprint density at radius 3 is 2.60 bits per heavy atom. The van der Waals surface area contributed by atoms with Gasteiger partial charge in [0, 0.05) is 5.56 Å². The van der Waals surface area contributed by atoms with Gasteiger partial charge in [-0.25, -0.2) is 9.37 Å². The number of benzene rings is 2. The maximum atomic E-state index is 13.4. The number of hydrogen-bond acceptors (Lipinski definition) is 2. The summed E-state index contributed by atoms with van der Waals surface area (Å²) < 4.78 is 18.4. The van der Waals surface area contributed by atoms with Crippen molar-refractivity contribution in [2.45, 2.75) is 13.8 Å². The van der Waals surface area contributed by atoms with Crippen LogP contribution in [0.4, 0.5) is 4.39 Å². The number of aromatic amines is 1. The van der Waals surface area contributed by atoms with Gasteiger partial charge >= 0.3 is 0 Å². The van der Waals surface area contributed by atoms with Gasteiger partial charge in [-0.3, -0.25) is 0 Å². The second-order valence-electron chi connectivity index (χ2n) is 4.89. The second kappa shape index (κ2) is 4.63. The zero-order valence-electron chi connectivity index (χ0n) is 11.6. The van der Waals surface area contributed by atoms with Crippen LogP contribution in [0.25, 0.3) is 22.4 Å². The molecular formula is C16H15FN2O. The third kappa shape index (κ3) is 2.03. The summed E-state index contributed by atoms with van der Waals surface area (Å²) >= 11 is 0. The lowest BCUT2D eigenvalue weighted by Gasteiger charge is -2.03. The molecule has 3 nitrogen and oxygen atoms in total. The Hall–Kier alpha value is -2.36.